The summed E-state index contributed by atoms with van der Waals surface area (Å²) in [5.41, 5.74) is 12.2. The van der Waals surface area contributed by atoms with Crippen molar-refractivity contribution >= 4 is 23.4 Å². The largest absolute Gasteiger partial charge is 0.457 e. The first-order chi connectivity index (χ1) is 14.6. The summed E-state index contributed by atoms with van der Waals surface area (Å²) in [6.07, 6.45) is 2.63. The topological polar surface area (TPSA) is 106 Å². The Bertz CT molecular complexity index is 1190. The molecule has 3 heterocycles. The summed E-state index contributed by atoms with van der Waals surface area (Å²) in [5, 5.41) is 6.56. The normalized spacial score (nSPS) is 14.6. The molecule has 5 rings (SSSR count). The fraction of sp³-hybridized carbons (Fsp3) is 0.174. The van der Waals surface area contributed by atoms with E-state index < -0.39 is 5.91 Å². The van der Waals surface area contributed by atoms with Crippen LogP contribution in [-0.4, -0.2) is 23.4 Å². The van der Waals surface area contributed by atoms with Crippen LogP contribution in [0.5, 0.6) is 0 Å². The lowest BCUT2D eigenvalue weighted by atomic mass is 9.93. The van der Waals surface area contributed by atoms with Gasteiger partial charge in [-0.05, 0) is 59.5 Å². The van der Waals surface area contributed by atoms with E-state index in [1.807, 2.05) is 12.1 Å². The number of rotatable bonds is 4. The first kappa shape index (κ1) is 18.3. The maximum Gasteiger partial charge on any atom is 0.338 e. The van der Waals surface area contributed by atoms with Gasteiger partial charge in [0.05, 0.1) is 11.1 Å². The minimum absolute atomic E-state index is 0.181. The molecule has 150 valence electrons. The third kappa shape index (κ3) is 3.09. The number of pyridine rings is 1. The predicted molar refractivity (Wildman–Crippen MR) is 112 cm³/mol. The number of fused-ring (bicyclic) bond motifs is 2. The molecule has 1 aromatic heterocycles. The Labute approximate surface area is 173 Å². The van der Waals surface area contributed by atoms with Gasteiger partial charge in [0.1, 0.15) is 12.4 Å². The van der Waals surface area contributed by atoms with Crippen LogP contribution in [0.2, 0.25) is 0 Å². The molecule has 0 saturated carbocycles. The molecule has 1 amide bonds. The highest BCUT2D eigenvalue weighted by Gasteiger charge is 2.25. The van der Waals surface area contributed by atoms with Crippen molar-refractivity contribution in [2.75, 3.05) is 11.9 Å². The van der Waals surface area contributed by atoms with E-state index in [1.54, 1.807) is 24.4 Å². The van der Waals surface area contributed by atoms with Crippen molar-refractivity contribution < 1.29 is 14.3 Å². The standard InChI is InChI=1S/C23H20N4O3/c24-21(28)20-16(14-5-4-13-6-8-25-11-15(13)10-14)7-9-26-22(20)27-19-3-1-2-17-18(19)12-30-23(17)29/h1-5,7,9-10,25H,6,8,11-12H2,(H2,24,28)(H,26,27). The highest BCUT2D eigenvalue weighted by Crippen LogP contribution is 2.34. The van der Waals surface area contributed by atoms with Crippen LogP contribution < -0.4 is 16.4 Å². The minimum atomic E-state index is -0.573. The third-order valence-corrected chi connectivity index (χ3v) is 5.60. The zero-order valence-electron chi connectivity index (χ0n) is 16.2. The molecule has 0 aliphatic carbocycles. The van der Waals surface area contributed by atoms with Gasteiger partial charge in [-0.15, -0.1) is 0 Å². The van der Waals surface area contributed by atoms with Gasteiger partial charge in [0.25, 0.3) is 5.91 Å². The molecule has 7 heteroatoms. The van der Waals surface area contributed by atoms with Gasteiger partial charge in [-0.3, -0.25) is 4.79 Å². The molecule has 3 aromatic rings. The number of ether oxygens (including phenoxy) is 1. The summed E-state index contributed by atoms with van der Waals surface area (Å²) in [5.74, 6) is -0.576. The molecule has 0 atom stereocenters. The lowest BCUT2D eigenvalue weighted by molar-refractivity contribution is 0.0535. The molecule has 0 unspecified atom stereocenters. The van der Waals surface area contributed by atoms with Crippen LogP contribution in [0.15, 0.2) is 48.7 Å². The molecule has 0 spiro atoms. The first-order valence-corrected chi connectivity index (χ1v) is 9.79. The molecule has 30 heavy (non-hydrogen) atoms. The van der Waals surface area contributed by atoms with E-state index in [9.17, 15) is 9.59 Å². The number of nitrogens with two attached hydrogens (primary N) is 1. The number of hydrogen-bond donors (Lipinski definition) is 3. The number of cyclic esters (lactones) is 1. The van der Waals surface area contributed by atoms with E-state index in [4.69, 9.17) is 10.5 Å². The van der Waals surface area contributed by atoms with Gasteiger partial charge in [0.2, 0.25) is 0 Å². The Hall–Kier alpha value is -3.71. The van der Waals surface area contributed by atoms with Crippen LogP contribution in [0.4, 0.5) is 11.5 Å². The zero-order chi connectivity index (χ0) is 20.7. The van der Waals surface area contributed by atoms with E-state index in [0.717, 1.165) is 30.6 Å². The summed E-state index contributed by atoms with van der Waals surface area (Å²) in [6, 6.07) is 13.3. The summed E-state index contributed by atoms with van der Waals surface area (Å²) >= 11 is 0. The van der Waals surface area contributed by atoms with Crippen molar-refractivity contribution in [3.8, 4) is 11.1 Å². The highest BCUT2D eigenvalue weighted by atomic mass is 16.5. The van der Waals surface area contributed by atoms with E-state index >= 15 is 0 Å². The van der Waals surface area contributed by atoms with E-state index in [1.165, 1.54) is 11.1 Å². The number of primary amides is 1. The monoisotopic (exact) mass is 400 g/mol. The SMILES string of the molecule is NC(=O)c1c(-c2ccc3c(c2)CNCC3)ccnc1Nc1cccc2c1COC2=O. The molecule has 7 nitrogen and oxygen atoms in total. The van der Waals surface area contributed by atoms with Crippen LogP contribution in [0.3, 0.4) is 0 Å². The van der Waals surface area contributed by atoms with Gasteiger partial charge >= 0.3 is 5.97 Å². The Kier molecular flexibility index (Phi) is 4.44. The number of amides is 1. The summed E-state index contributed by atoms with van der Waals surface area (Å²) in [4.78, 5) is 28.7. The minimum Gasteiger partial charge on any atom is -0.457 e. The van der Waals surface area contributed by atoms with Crippen molar-refractivity contribution in [1.82, 2.24) is 10.3 Å². The number of nitrogens with one attached hydrogen (secondary N) is 2. The average Bonchev–Trinajstić information content (AvgIpc) is 3.15. The van der Waals surface area contributed by atoms with Gasteiger partial charge in [0, 0.05) is 24.0 Å². The number of benzene rings is 2. The second kappa shape index (κ2) is 7.27. The fourth-order valence-electron chi connectivity index (χ4n) is 4.09. The number of carbonyl (C=O) groups is 2. The van der Waals surface area contributed by atoms with Crippen molar-refractivity contribution in [1.29, 1.82) is 0 Å². The molecule has 2 aromatic carbocycles. The quantitative estimate of drug-likeness (QED) is 0.582. The summed E-state index contributed by atoms with van der Waals surface area (Å²) in [7, 11) is 0. The number of hydrogen-bond acceptors (Lipinski definition) is 6. The lowest BCUT2D eigenvalue weighted by Gasteiger charge is -2.19. The van der Waals surface area contributed by atoms with Gasteiger partial charge in [-0.25, -0.2) is 9.78 Å². The van der Waals surface area contributed by atoms with Crippen molar-refractivity contribution in [2.45, 2.75) is 19.6 Å². The number of esters is 1. The molecule has 4 N–H and O–H groups in total. The van der Waals surface area contributed by atoms with E-state index in [-0.39, 0.29) is 12.6 Å². The van der Waals surface area contributed by atoms with Gasteiger partial charge in [-0.1, -0.05) is 18.2 Å². The van der Waals surface area contributed by atoms with Gasteiger partial charge in [-0.2, -0.15) is 0 Å². The average molecular weight is 400 g/mol. The van der Waals surface area contributed by atoms with Crippen LogP contribution in [0.1, 0.15) is 37.4 Å². The van der Waals surface area contributed by atoms with Crippen molar-refractivity contribution in [2.24, 2.45) is 5.73 Å². The Morgan fingerprint density at radius 3 is 2.90 bits per heavy atom. The second-order valence-electron chi connectivity index (χ2n) is 7.39. The maximum atomic E-state index is 12.4. The summed E-state index contributed by atoms with van der Waals surface area (Å²) in [6.45, 7) is 1.95. The zero-order valence-corrected chi connectivity index (χ0v) is 16.2. The Balaban J connectivity index is 1.59. The van der Waals surface area contributed by atoms with Crippen LogP contribution in [0.25, 0.3) is 11.1 Å². The summed E-state index contributed by atoms with van der Waals surface area (Å²) < 4.78 is 5.13. The van der Waals surface area contributed by atoms with Gasteiger partial charge in [0.15, 0.2) is 0 Å². The lowest BCUT2D eigenvalue weighted by Crippen LogP contribution is -2.23. The molecular weight excluding hydrogens is 380 g/mol. The number of aromatic nitrogens is 1. The third-order valence-electron chi connectivity index (χ3n) is 5.60. The Morgan fingerprint density at radius 1 is 1.13 bits per heavy atom. The van der Waals surface area contributed by atoms with Crippen LogP contribution in [-0.2, 0) is 24.3 Å². The Morgan fingerprint density at radius 2 is 2.03 bits per heavy atom. The van der Waals surface area contributed by atoms with E-state index in [0.29, 0.717) is 28.2 Å². The smallest absolute Gasteiger partial charge is 0.338 e. The maximum absolute atomic E-state index is 12.4. The molecule has 0 fully saturated rings. The number of carbonyl (C=O) groups excluding carboxylic acids is 2. The predicted octanol–water partition coefficient (Wildman–Crippen LogP) is 2.91. The number of nitrogens with zero attached hydrogens (tertiary/aromatic N) is 1. The molecule has 0 radical (unpaired) electrons. The fourth-order valence-corrected chi connectivity index (χ4v) is 4.09. The first-order valence-electron chi connectivity index (χ1n) is 9.79. The van der Waals surface area contributed by atoms with Crippen molar-refractivity contribution in [3.05, 3.63) is 76.5 Å². The van der Waals surface area contributed by atoms with Crippen LogP contribution in [0, 0.1) is 0 Å². The number of anilines is 2. The second-order valence-corrected chi connectivity index (χ2v) is 7.39. The molecule has 0 saturated heterocycles. The van der Waals surface area contributed by atoms with Gasteiger partial charge < -0.3 is 21.1 Å². The van der Waals surface area contributed by atoms with Crippen LogP contribution >= 0.6 is 0 Å². The molecular formula is C23H20N4O3. The van der Waals surface area contributed by atoms with Crippen molar-refractivity contribution in [3.63, 3.8) is 0 Å². The molecule has 0 bridgehead atoms. The highest BCUT2D eigenvalue weighted by molar-refractivity contribution is 6.05. The molecule has 2 aliphatic rings. The molecule has 2 aliphatic heterocycles. The van der Waals surface area contributed by atoms with E-state index in [2.05, 4.69) is 27.8 Å².